The average Bonchev–Trinajstić information content (AvgIpc) is 3.20. The maximum atomic E-state index is 13.4. The lowest BCUT2D eigenvalue weighted by Gasteiger charge is -2.42. The summed E-state index contributed by atoms with van der Waals surface area (Å²) in [7, 11) is -1.79. The smallest absolute Gasteiger partial charge is 0.335 e. The monoisotopic (exact) mass is 575 g/mol. The summed E-state index contributed by atoms with van der Waals surface area (Å²) in [6.45, 7) is 12.2. The molecule has 1 saturated carbocycles. The number of hydrogen-bond acceptors (Lipinski definition) is 3. The lowest BCUT2D eigenvalue weighted by atomic mass is 9.92. The molecular formula is C30H39Cl2NO4Si. The minimum atomic E-state index is -1.79. The summed E-state index contributed by atoms with van der Waals surface area (Å²) in [4.78, 5) is 26.6. The van der Waals surface area contributed by atoms with Crippen molar-refractivity contribution in [2.24, 2.45) is 5.92 Å². The van der Waals surface area contributed by atoms with Gasteiger partial charge in [-0.1, -0.05) is 56.1 Å². The van der Waals surface area contributed by atoms with Gasteiger partial charge in [0, 0.05) is 34.7 Å². The molecule has 206 valence electrons. The second-order valence-corrected chi connectivity index (χ2v) is 17.9. The molecule has 1 unspecified atom stereocenters. The molecule has 2 aliphatic rings. The van der Waals surface area contributed by atoms with E-state index in [-0.39, 0.29) is 28.5 Å². The molecule has 8 heteroatoms. The van der Waals surface area contributed by atoms with Crippen molar-refractivity contribution < 1.29 is 19.1 Å². The molecule has 2 aromatic rings. The molecule has 1 N–H and O–H groups in total. The highest BCUT2D eigenvalue weighted by molar-refractivity contribution is 6.74. The van der Waals surface area contributed by atoms with E-state index in [1.54, 1.807) is 24.3 Å². The maximum Gasteiger partial charge on any atom is 0.335 e. The number of amides is 1. The van der Waals surface area contributed by atoms with E-state index in [2.05, 4.69) is 38.8 Å². The van der Waals surface area contributed by atoms with Crippen LogP contribution in [-0.4, -0.2) is 48.9 Å². The zero-order valence-corrected chi connectivity index (χ0v) is 25.5. The first-order valence-corrected chi connectivity index (χ1v) is 17.2. The number of aromatic carboxylic acids is 1. The van der Waals surface area contributed by atoms with E-state index in [4.69, 9.17) is 32.7 Å². The summed E-state index contributed by atoms with van der Waals surface area (Å²) in [5, 5.41) is 10.4. The van der Waals surface area contributed by atoms with Crippen LogP contribution < -0.4 is 0 Å². The average molecular weight is 577 g/mol. The molecule has 0 radical (unpaired) electrons. The Morgan fingerprint density at radius 1 is 1.00 bits per heavy atom. The van der Waals surface area contributed by atoms with Crippen molar-refractivity contribution in [2.75, 3.05) is 6.54 Å². The Morgan fingerprint density at radius 3 is 2.11 bits per heavy atom. The summed E-state index contributed by atoms with van der Waals surface area (Å²) >= 11 is 13.3. The third-order valence-electron chi connectivity index (χ3n) is 8.76. The molecular weight excluding hydrogens is 537 g/mol. The Labute approximate surface area is 237 Å². The number of carboxylic acids is 1. The van der Waals surface area contributed by atoms with Crippen molar-refractivity contribution in [1.82, 2.24) is 4.90 Å². The molecule has 1 atom stereocenters. The molecule has 1 amide bonds. The first-order valence-electron chi connectivity index (χ1n) is 13.6. The van der Waals surface area contributed by atoms with Crippen molar-refractivity contribution in [1.29, 1.82) is 0 Å². The van der Waals surface area contributed by atoms with Crippen molar-refractivity contribution in [2.45, 2.75) is 89.6 Å². The highest BCUT2D eigenvalue weighted by atomic mass is 35.5. The van der Waals surface area contributed by atoms with Crippen LogP contribution in [0.2, 0.25) is 28.2 Å². The third kappa shape index (κ3) is 6.30. The van der Waals surface area contributed by atoms with Crippen LogP contribution in [0.25, 0.3) is 11.1 Å². The fourth-order valence-corrected chi connectivity index (χ4v) is 7.46. The molecule has 2 aromatic carbocycles. The minimum absolute atomic E-state index is 0.119. The maximum absolute atomic E-state index is 13.4. The van der Waals surface area contributed by atoms with E-state index in [9.17, 15) is 9.59 Å². The van der Waals surface area contributed by atoms with Gasteiger partial charge >= 0.3 is 5.97 Å². The molecule has 0 aromatic heterocycles. The normalized spacial score (nSPS) is 22.7. The lowest BCUT2D eigenvalue weighted by molar-refractivity contribution is -0.133. The summed E-state index contributed by atoms with van der Waals surface area (Å²) in [5.74, 6) is -0.878. The molecule has 38 heavy (non-hydrogen) atoms. The van der Waals surface area contributed by atoms with E-state index in [1.165, 1.54) is 0 Å². The van der Waals surface area contributed by atoms with Crippen molar-refractivity contribution >= 4 is 43.4 Å². The summed E-state index contributed by atoms with van der Waals surface area (Å²) in [6, 6.07) is 10.6. The number of benzene rings is 2. The van der Waals surface area contributed by atoms with Gasteiger partial charge in [0.25, 0.3) is 0 Å². The van der Waals surface area contributed by atoms with E-state index < -0.39 is 14.3 Å². The SMILES string of the molecule is CC(C)(C)[Si](C)(C)O[C@H]1CC[C@@H](N2CCC(Cc3c(Cl)cc(-c4ccc(C(=O)O)cc4)cc3Cl)C2=O)CC1. The molecule has 0 bridgehead atoms. The predicted molar refractivity (Wildman–Crippen MR) is 157 cm³/mol. The Morgan fingerprint density at radius 2 is 1.58 bits per heavy atom. The van der Waals surface area contributed by atoms with Crippen LogP contribution in [0, 0.1) is 5.92 Å². The topological polar surface area (TPSA) is 66.8 Å². The first-order chi connectivity index (χ1) is 17.8. The number of carbonyl (C=O) groups excluding carboxylic acids is 1. The number of halogens is 2. The van der Waals surface area contributed by atoms with Gasteiger partial charge in [-0.2, -0.15) is 0 Å². The Balaban J connectivity index is 1.37. The number of hydrogen-bond donors (Lipinski definition) is 1. The molecule has 0 spiro atoms. The quantitative estimate of drug-likeness (QED) is 0.339. The second kappa shape index (κ2) is 11.3. The van der Waals surface area contributed by atoms with Crippen LogP contribution in [-0.2, 0) is 15.6 Å². The summed E-state index contributed by atoms with van der Waals surface area (Å²) in [6.07, 6.45) is 5.65. The number of carbonyl (C=O) groups is 2. The fraction of sp³-hybridized carbons (Fsp3) is 0.533. The van der Waals surface area contributed by atoms with Gasteiger partial charge in [-0.3, -0.25) is 4.79 Å². The molecule has 2 fully saturated rings. The van der Waals surface area contributed by atoms with Crippen LogP contribution in [0.3, 0.4) is 0 Å². The highest BCUT2D eigenvalue weighted by Gasteiger charge is 2.42. The van der Waals surface area contributed by atoms with Gasteiger partial charge in [0.1, 0.15) is 0 Å². The van der Waals surface area contributed by atoms with Crippen molar-refractivity contribution in [3.05, 3.63) is 57.6 Å². The van der Waals surface area contributed by atoms with Gasteiger partial charge in [0.05, 0.1) is 5.56 Å². The minimum Gasteiger partial charge on any atom is -0.478 e. The third-order valence-corrected chi connectivity index (χ3v) is 14.0. The second-order valence-electron chi connectivity index (χ2n) is 12.3. The van der Waals surface area contributed by atoms with Crippen molar-refractivity contribution in [3.63, 3.8) is 0 Å². The van der Waals surface area contributed by atoms with Gasteiger partial charge in [-0.25, -0.2) is 4.79 Å². The van der Waals surface area contributed by atoms with Crippen molar-refractivity contribution in [3.8, 4) is 11.1 Å². The number of carboxylic acid groups (broad SMARTS) is 1. The zero-order valence-electron chi connectivity index (χ0n) is 23.0. The Bertz CT molecular complexity index is 1160. The number of nitrogens with zero attached hydrogens (tertiary/aromatic N) is 1. The largest absolute Gasteiger partial charge is 0.478 e. The van der Waals surface area contributed by atoms with E-state index >= 15 is 0 Å². The highest BCUT2D eigenvalue weighted by Crippen LogP contribution is 2.40. The fourth-order valence-electron chi connectivity index (χ4n) is 5.40. The van der Waals surface area contributed by atoms with E-state index in [0.717, 1.165) is 55.3 Å². The number of likely N-dealkylation sites (tertiary alicyclic amines) is 1. The zero-order chi connectivity index (χ0) is 27.8. The molecule has 1 heterocycles. The van der Waals surface area contributed by atoms with Gasteiger partial charge in [-0.15, -0.1) is 0 Å². The van der Waals surface area contributed by atoms with Gasteiger partial charge in [0.15, 0.2) is 8.32 Å². The van der Waals surface area contributed by atoms with Crippen LogP contribution >= 0.6 is 23.2 Å². The molecule has 5 nitrogen and oxygen atoms in total. The van der Waals surface area contributed by atoms with Crippen LogP contribution in [0.15, 0.2) is 36.4 Å². The standard InChI is InChI=1S/C30H39Cl2NO4Si/c1-30(2,3)38(4,5)37-24-12-10-23(11-13-24)33-15-14-21(28(33)34)16-25-26(31)17-22(18-27(25)32)19-6-8-20(9-7-19)29(35)36/h6-9,17-18,21,23-24H,10-16H2,1-5H3,(H,35,36)/t21?,23-,24+. The van der Waals surface area contributed by atoms with Crippen LogP contribution in [0.4, 0.5) is 0 Å². The summed E-state index contributed by atoms with van der Waals surface area (Å²) in [5.41, 5.74) is 2.67. The van der Waals surface area contributed by atoms with Gasteiger partial charge in [0.2, 0.25) is 5.91 Å². The first kappa shape index (κ1) is 29.1. The Hall–Kier alpha value is -1.86. The molecule has 4 rings (SSSR count). The van der Waals surface area contributed by atoms with Gasteiger partial charge < -0.3 is 14.4 Å². The van der Waals surface area contributed by atoms with Crippen LogP contribution in [0.5, 0.6) is 0 Å². The summed E-state index contributed by atoms with van der Waals surface area (Å²) < 4.78 is 6.65. The van der Waals surface area contributed by atoms with Gasteiger partial charge in [-0.05, 0) is 97.6 Å². The molecule has 1 aliphatic carbocycles. The molecule has 1 saturated heterocycles. The van der Waals surface area contributed by atoms with E-state index in [1.807, 2.05) is 12.1 Å². The number of rotatable bonds is 7. The lowest BCUT2D eigenvalue weighted by Crippen LogP contribution is -2.47. The van der Waals surface area contributed by atoms with E-state index in [0.29, 0.717) is 22.6 Å². The Kier molecular flexibility index (Phi) is 8.68. The van der Waals surface area contributed by atoms with Crippen LogP contribution in [0.1, 0.15) is 68.8 Å². The predicted octanol–water partition coefficient (Wildman–Crippen LogP) is 8.08. The molecule has 1 aliphatic heterocycles.